The van der Waals surface area contributed by atoms with Gasteiger partial charge in [0.15, 0.2) is 0 Å². The van der Waals surface area contributed by atoms with E-state index in [4.69, 9.17) is 0 Å². The number of halogens is 1. The fraction of sp³-hybridized carbons (Fsp3) is 0.0833. The van der Waals surface area contributed by atoms with E-state index in [9.17, 15) is 4.79 Å². The Bertz CT molecular complexity index is 830. The molecule has 0 saturated carbocycles. The van der Waals surface area contributed by atoms with Gasteiger partial charge in [0.2, 0.25) is 0 Å². The number of hydrogen-bond donors (Lipinski definition) is 2. The Labute approximate surface area is 132 Å². The highest BCUT2D eigenvalue weighted by Crippen LogP contribution is 2.10. The third-order valence-electron chi connectivity index (χ3n) is 2.85. The minimum atomic E-state index is -0.180. The molecule has 3 aromatic rings. The van der Waals surface area contributed by atoms with Crippen molar-refractivity contribution >= 4 is 34.8 Å². The average Bonchev–Trinajstić information content (AvgIpc) is 3.07. The van der Waals surface area contributed by atoms with Gasteiger partial charge in [0.1, 0.15) is 0 Å². The monoisotopic (exact) mass is 395 g/mol. The van der Waals surface area contributed by atoms with E-state index in [2.05, 4.69) is 53.3 Å². The molecule has 0 saturated heterocycles. The average molecular weight is 395 g/mol. The van der Waals surface area contributed by atoms with Crippen LogP contribution in [0.2, 0.25) is 0 Å². The zero-order chi connectivity index (χ0) is 14.8. The lowest BCUT2D eigenvalue weighted by molar-refractivity contribution is 0.835. The van der Waals surface area contributed by atoms with Crippen LogP contribution < -0.4 is 5.56 Å². The van der Waals surface area contributed by atoms with Crippen LogP contribution in [-0.2, 0) is 0 Å². The van der Waals surface area contributed by atoms with Crippen molar-refractivity contribution in [3.63, 3.8) is 0 Å². The number of nitrogens with zero attached hydrogens (tertiary/aromatic N) is 5. The lowest BCUT2D eigenvalue weighted by Crippen LogP contribution is -2.17. The first-order chi connectivity index (χ1) is 10.1. The summed E-state index contributed by atoms with van der Waals surface area (Å²) in [4.78, 5) is 16.4. The van der Waals surface area contributed by atoms with Crippen molar-refractivity contribution in [2.75, 3.05) is 0 Å². The lowest BCUT2D eigenvalue weighted by atomic mass is 10.3. The molecule has 106 valence electrons. The molecular formula is C12H10IN7O. The maximum absolute atomic E-state index is 12.4. The number of rotatable bonds is 3. The first-order valence-electron chi connectivity index (χ1n) is 6.00. The van der Waals surface area contributed by atoms with Crippen LogP contribution in [0.25, 0.3) is 5.69 Å². The number of nitrogens with one attached hydrogen (secondary N) is 2. The van der Waals surface area contributed by atoms with Crippen molar-refractivity contribution in [2.45, 2.75) is 6.92 Å². The molecule has 0 unspecified atom stereocenters. The second-order valence-electron chi connectivity index (χ2n) is 4.24. The van der Waals surface area contributed by atoms with Gasteiger partial charge in [-0.05, 0) is 59.0 Å². The summed E-state index contributed by atoms with van der Waals surface area (Å²) in [6.07, 6.45) is 1.43. The number of tetrazole rings is 1. The Balaban J connectivity index is 2.00. The minimum Gasteiger partial charge on any atom is -0.295 e. The van der Waals surface area contributed by atoms with Gasteiger partial charge >= 0.3 is 0 Å². The van der Waals surface area contributed by atoms with Crippen LogP contribution in [0, 0.1) is 10.5 Å². The molecule has 0 radical (unpaired) electrons. The molecular weight excluding hydrogens is 385 g/mol. The molecule has 0 aliphatic rings. The molecule has 2 N–H and O–H groups in total. The van der Waals surface area contributed by atoms with Crippen molar-refractivity contribution in [3.05, 3.63) is 49.4 Å². The predicted octanol–water partition coefficient (Wildman–Crippen LogP) is 1.34. The zero-order valence-electron chi connectivity index (χ0n) is 10.9. The lowest BCUT2D eigenvalue weighted by Gasteiger charge is -2.00. The topological polar surface area (TPSA) is 105 Å². The summed E-state index contributed by atoms with van der Waals surface area (Å²) in [6.45, 7) is 1.81. The fourth-order valence-electron chi connectivity index (χ4n) is 1.82. The van der Waals surface area contributed by atoms with Gasteiger partial charge < -0.3 is 0 Å². The molecule has 0 atom stereocenters. The normalized spacial score (nSPS) is 11.3. The van der Waals surface area contributed by atoms with E-state index in [1.54, 1.807) is 0 Å². The highest BCUT2D eigenvalue weighted by molar-refractivity contribution is 14.1. The van der Waals surface area contributed by atoms with Crippen molar-refractivity contribution in [1.82, 2.24) is 30.4 Å². The number of aliphatic imine (C=N–C) groups is 1. The number of H-pyrrole nitrogens is 2. The van der Waals surface area contributed by atoms with Gasteiger partial charge in [-0.25, -0.2) is 9.67 Å². The van der Waals surface area contributed by atoms with Crippen LogP contribution in [0.1, 0.15) is 11.3 Å². The molecule has 0 aliphatic heterocycles. The summed E-state index contributed by atoms with van der Waals surface area (Å²) < 4.78 is 2.58. The Kier molecular flexibility index (Phi) is 3.64. The van der Waals surface area contributed by atoms with Crippen LogP contribution in [0.3, 0.4) is 0 Å². The molecule has 1 aromatic carbocycles. The third kappa shape index (κ3) is 2.77. The SMILES string of the molecule is Cc1[nH]n(-c2ccc(I)cc2)c(=O)c1C=Nc1nn[nH]n1. The number of aryl methyl sites for hydroxylation is 1. The van der Waals surface area contributed by atoms with E-state index in [1.807, 2.05) is 31.2 Å². The molecule has 0 amide bonds. The largest absolute Gasteiger partial charge is 0.295 e. The molecule has 3 rings (SSSR count). The van der Waals surface area contributed by atoms with Crippen molar-refractivity contribution in [2.24, 2.45) is 4.99 Å². The molecule has 0 bridgehead atoms. The van der Waals surface area contributed by atoms with Gasteiger partial charge in [-0.2, -0.15) is 5.21 Å². The van der Waals surface area contributed by atoms with Crippen LogP contribution in [-0.4, -0.2) is 36.6 Å². The smallest absolute Gasteiger partial charge is 0.288 e. The molecule has 21 heavy (non-hydrogen) atoms. The fourth-order valence-corrected chi connectivity index (χ4v) is 2.18. The maximum atomic E-state index is 12.4. The Hall–Kier alpha value is -2.30. The number of hydrogen-bond acceptors (Lipinski definition) is 5. The molecule has 2 aromatic heterocycles. The highest BCUT2D eigenvalue weighted by Gasteiger charge is 2.10. The van der Waals surface area contributed by atoms with E-state index >= 15 is 0 Å². The van der Waals surface area contributed by atoms with Crippen LogP contribution in [0.15, 0.2) is 34.1 Å². The summed E-state index contributed by atoms with van der Waals surface area (Å²) in [7, 11) is 0. The Morgan fingerprint density at radius 1 is 1.33 bits per heavy atom. The van der Waals surface area contributed by atoms with Gasteiger partial charge in [-0.1, -0.05) is 5.10 Å². The summed E-state index contributed by atoms with van der Waals surface area (Å²) in [5.74, 6) is 0.177. The summed E-state index contributed by atoms with van der Waals surface area (Å²) in [6, 6.07) is 7.62. The summed E-state index contributed by atoms with van der Waals surface area (Å²) in [5, 5.41) is 16.1. The molecule has 9 heteroatoms. The molecule has 0 fully saturated rings. The van der Waals surface area contributed by atoms with E-state index in [1.165, 1.54) is 10.9 Å². The third-order valence-corrected chi connectivity index (χ3v) is 3.56. The van der Waals surface area contributed by atoms with Gasteiger partial charge in [0, 0.05) is 15.5 Å². The minimum absolute atomic E-state index is 0.177. The van der Waals surface area contributed by atoms with E-state index in [0.717, 1.165) is 9.26 Å². The molecule has 8 nitrogen and oxygen atoms in total. The standard InChI is InChI=1S/C12H10IN7O/c1-7-10(6-14-12-15-18-19-16-12)11(21)20(17-7)9-4-2-8(13)3-5-9/h2-6,17H,1H3,(H,15,16,18,19). The quantitative estimate of drug-likeness (QED) is 0.516. The summed E-state index contributed by atoms with van der Waals surface area (Å²) >= 11 is 2.21. The predicted molar refractivity (Wildman–Crippen MR) is 85.3 cm³/mol. The molecule has 0 spiro atoms. The van der Waals surface area contributed by atoms with E-state index in [0.29, 0.717) is 11.3 Å². The van der Waals surface area contributed by atoms with Crippen molar-refractivity contribution < 1.29 is 0 Å². The Morgan fingerprint density at radius 2 is 2.10 bits per heavy atom. The van der Waals surface area contributed by atoms with Gasteiger partial charge in [-0.15, -0.1) is 5.10 Å². The van der Waals surface area contributed by atoms with Gasteiger partial charge in [0.25, 0.3) is 11.5 Å². The first-order valence-corrected chi connectivity index (χ1v) is 7.08. The Morgan fingerprint density at radius 3 is 2.76 bits per heavy atom. The van der Waals surface area contributed by atoms with Crippen molar-refractivity contribution in [1.29, 1.82) is 0 Å². The van der Waals surface area contributed by atoms with E-state index < -0.39 is 0 Å². The van der Waals surface area contributed by atoms with Crippen LogP contribution >= 0.6 is 22.6 Å². The zero-order valence-corrected chi connectivity index (χ0v) is 13.1. The maximum Gasteiger partial charge on any atom is 0.288 e. The highest BCUT2D eigenvalue weighted by atomic mass is 127. The number of aromatic nitrogens is 6. The van der Waals surface area contributed by atoms with Crippen molar-refractivity contribution in [3.8, 4) is 5.69 Å². The van der Waals surface area contributed by atoms with Crippen LogP contribution in [0.4, 0.5) is 5.95 Å². The number of benzene rings is 1. The van der Waals surface area contributed by atoms with Crippen LogP contribution in [0.5, 0.6) is 0 Å². The second kappa shape index (κ2) is 5.60. The second-order valence-corrected chi connectivity index (χ2v) is 5.48. The van der Waals surface area contributed by atoms with Gasteiger partial charge in [0.05, 0.1) is 11.3 Å². The van der Waals surface area contributed by atoms with Gasteiger partial charge in [-0.3, -0.25) is 9.89 Å². The molecule has 0 aliphatic carbocycles. The summed E-state index contributed by atoms with van der Waals surface area (Å²) in [5.41, 5.74) is 1.76. The first kappa shape index (κ1) is 13.7. The number of aromatic amines is 2. The molecule has 2 heterocycles. The van der Waals surface area contributed by atoms with E-state index in [-0.39, 0.29) is 11.5 Å².